The number of benzene rings is 1. The van der Waals surface area contributed by atoms with Crippen LogP contribution in [0.3, 0.4) is 0 Å². The Labute approximate surface area is 114 Å². The van der Waals surface area contributed by atoms with Gasteiger partial charge in [0.05, 0.1) is 5.56 Å². The smallest absolute Gasteiger partial charge is 0.417 e. The van der Waals surface area contributed by atoms with Crippen LogP contribution in [0.15, 0.2) is 22.7 Å². The summed E-state index contributed by atoms with van der Waals surface area (Å²) >= 11 is 2.76. The quantitative estimate of drug-likeness (QED) is 0.831. The Kier molecular flexibility index (Phi) is 4.56. The highest BCUT2D eigenvalue weighted by Gasteiger charge is 2.33. The van der Waals surface area contributed by atoms with Crippen LogP contribution >= 0.6 is 15.9 Å². The van der Waals surface area contributed by atoms with Crippen molar-refractivity contribution in [2.24, 2.45) is 5.92 Å². The zero-order chi connectivity index (χ0) is 14.8. The van der Waals surface area contributed by atoms with Crippen molar-refractivity contribution in [2.45, 2.75) is 13.1 Å². The molecule has 1 rings (SSSR count). The highest BCUT2D eigenvalue weighted by molar-refractivity contribution is 9.10. The van der Waals surface area contributed by atoms with E-state index in [1.807, 2.05) is 0 Å². The first kappa shape index (κ1) is 15.5. The van der Waals surface area contributed by atoms with E-state index in [1.54, 1.807) is 0 Å². The lowest BCUT2D eigenvalue weighted by molar-refractivity contribution is -0.144. The number of amides is 1. The Hall–Kier alpha value is -1.57. The fraction of sp³-hybridized carbons (Fsp3) is 0.273. The molecule has 19 heavy (non-hydrogen) atoms. The number of carboxylic acid groups (broad SMARTS) is 1. The minimum absolute atomic E-state index is 0.117. The van der Waals surface area contributed by atoms with Crippen LogP contribution in [0.1, 0.15) is 12.5 Å². The number of carboxylic acids is 1. The zero-order valence-corrected chi connectivity index (χ0v) is 11.2. The first-order valence-electron chi connectivity index (χ1n) is 5.03. The summed E-state index contributed by atoms with van der Waals surface area (Å²) in [5.74, 6) is -3.59. The second-order valence-electron chi connectivity index (χ2n) is 3.74. The van der Waals surface area contributed by atoms with Gasteiger partial charge in [0.15, 0.2) is 0 Å². The molecule has 0 aliphatic carbocycles. The van der Waals surface area contributed by atoms with Gasteiger partial charge in [-0.05, 0) is 25.1 Å². The van der Waals surface area contributed by atoms with Crippen molar-refractivity contribution in [3.63, 3.8) is 0 Å². The van der Waals surface area contributed by atoms with Gasteiger partial charge in [-0.2, -0.15) is 13.2 Å². The number of carbonyl (C=O) groups is 2. The standard InChI is InChI=1S/C11H9BrF3NO3/c1-5(10(18)19)9(17)16-6-2-3-8(12)7(4-6)11(13,14)15/h2-5H,1H3,(H,16,17)(H,18,19). The summed E-state index contributed by atoms with van der Waals surface area (Å²) in [6.45, 7) is 1.14. The van der Waals surface area contributed by atoms with Gasteiger partial charge >= 0.3 is 12.1 Å². The summed E-state index contributed by atoms with van der Waals surface area (Å²) in [5, 5.41) is 10.7. The molecule has 1 atom stereocenters. The van der Waals surface area contributed by atoms with Crippen molar-refractivity contribution in [3.8, 4) is 0 Å². The molecule has 2 N–H and O–H groups in total. The van der Waals surface area contributed by atoms with E-state index < -0.39 is 29.5 Å². The van der Waals surface area contributed by atoms with Crippen LogP contribution in [0.25, 0.3) is 0 Å². The molecule has 1 amide bonds. The van der Waals surface area contributed by atoms with E-state index in [9.17, 15) is 22.8 Å². The first-order chi connectivity index (χ1) is 8.62. The Morgan fingerprint density at radius 3 is 2.42 bits per heavy atom. The largest absolute Gasteiger partial charge is 0.481 e. The van der Waals surface area contributed by atoms with Crippen molar-refractivity contribution in [1.82, 2.24) is 0 Å². The molecule has 0 saturated heterocycles. The summed E-state index contributed by atoms with van der Waals surface area (Å²) in [7, 11) is 0. The Balaban J connectivity index is 2.98. The van der Waals surface area contributed by atoms with Crippen molar-refractivity contribution in [3.05, 3.63) is 28.2 Å². The van der Waals surface area contributed by atoms with Gasteiger partial charge < -0.3 is 10.4 Å². The number of halogens is 4. The van der Waals surface area contributed by atoms with Gasteiger partial charge in [0, 0.05) is 10.2 Å². The molecular weight excluding hydrogens is 331 g/mol. The maximum atomic E-state index is 12.6. The molecule has 1 aromatic carbocycles. The summed E-state index contributed by atoms with van der Waals surface area (Å²) in [4.78, 5) is 22.0. The van der Waals surface area contributed by atoms with Gasteiger partial charge in [-0.3, -0.25) is 9.59 Å². The van der Waals surface area contributed by atoms with E-state index in [0.717, 1.165) is 19.1 Å². The van der Waals surface area contributed by atoms with Crippen molar-refractivity contribution >= 4 is 33.5 Å². The SMILES string of the molecule is CC(C(=O)O)C(=O)Nc1ccc(Br)c(C(F)(F)F)c1. The Morgan fingerprint density at radius 2 is 1.95 bits per heavy atom. The van der Waals surface area contributed by atoms with E-state index in [2.05, 4.69) is 21.2 Å². The minimum atomic E-state index is -4.57. The second kappa shape index (κ2) is 5.60. The topological polar surface area (TPSA) is 66.4 Å². The molecule has 0 bridgehead atoms. The van der Waals surface area contributed by atoms with Crippen molar-refractivity contribution in [2.75, 3.05) is 5.32 Å². The lowest BCUT2D eigenvalue weighted by atomic mass is 10.1. The predicted octanol–water partition coefficient (Wildman–Crippen LogP) is 3.13. The molecule has 0 aromatic heterocycles. The van der Waals surface area contributed by atoms with E-state index >= 15 is 0 Å². The van der Waals surface area contributed by atoms with Gasteiger partial charge in [-0.1, -0.05) is 15.9 Å². The average molecular weight is 340 g/mol. The van der Waals surface area contributed by atoms with Crippen LogP contribution in [0.2, 0.25) is 0 Å². The Morgan fingerprint density at radius 1 is 1.37 bits per heavy atom. The number of hydrogen-bond donors (Lipinski definition) is 2. The van der Waals surface area contributed by atoms with E-state index in [0.29, 0.717) is 0 Å². The average Bonchev–Trinajstić information content (AvgIpc) is 2.28. The molecule has 0 aliphatic rings. The molecular formula is C11H9BrF3NO3. The summed E-state index contributed by atoms with van der Waals surface area (Å²) < 4.78 is 37.7. The molecule has 0 radical (unpaired) electrons. The van der Waals surface area contributed by atoms with Crippen molar-refractivity contribution in [1.29, 1.82) is 0 Å². The summed E-state index contributed by atoms with van der Waals surface area (Å²) in [6, 6.07) is 3.10. The number of carbonyl (C=O) groups excluding carboxylic acids is 1. The van der Waals surface area contributed by atoms with Crippen LogP contribution in [0.4, 0.5) is 18.9 Å². The third-order valence-corrected chi connectivity index (χ3v) is 2.99. The van der Waals surface area contributed by atoms with Crippen molar-refractivity contribution < 1.29 is 27.9 Å². The first-order valence-corrected chi connectivity index (χ1v) is 5.82. The van der Waals surface area contributed by atoms with Gasteiger partial charge in [-0.15, -0.1) is 0 Å². The summed E-state index contributed by atoms with van der Waals surface area (Å²) in [5.41, 5.74) is -1.07. The summed E-state index contributed by atoms with van der Waals surface area (Å²) in [6.07, 6.45) is -4.57. The highest BCUT2D eigenvalue weighted by Crippen LogP contribution is 2.36. The fourth-order valence-electron chi connectivity index (χ4n) is 1.18. The molecule has 104 valence electrons. The molecule has 0 aliphatic heterocycles. The maximum Gasteiger partial charge on any atom is 0.417 e. The lowest BCUT2D eigenvalue weighted by Crippen LogP contribution is -2.27. The third-order valence-electron chi connectivity index (χ3n) is 2.30. The normalized spacial score (nSPS) is 12.9. The van der Waals surface area contributed by atoms with Gasteiger partial charge in [0.2, 0.25) is 5.91 Å². The monoisotopic (exact) mass is 339 g/mol. The predicted molar refractivity (Wildman–Crippen MR) is 64.6 cm³/mol. The van der Waals surface area contributed by atoms with E-state index in [-0.39, 0.29) is 10.2 Å². The van der Waals surface area contributed by atoms with Gasteiger partial charge in [0.25, 0.3) is 0 Å². The van der Waals surface area contributed by atoms with Crippen LogP contribution in [-0.2, 0) is 15.8 Å². The second-order valence-corrected chi connectivity index (χ2v) is 4.60. The molecule has 4 nitrogen and oxygen atoms in total. The lowest BCUT2D eigenvalue weighted by Gasteiger charge is -2.13. The maximum absolute atomic E-state index is 12.6. The molecule has 1 aromatic rings. The molecule has 0 heterocycles. The number of aliphatic carboxylic acids is 1. The molecule has 0 fully saturated rings. The molecule has 0 spiro atoms. The third kappa shape index (κ3) is 3.95. The van der Waals surface area contributed by atoms with Crippen LogP contribution in [0, 0.1) is 5.92 Å². The number of rotatable bonds is 3. The van der Waals surface area contributed by atoms with Crippen LogP contribution in [-0.4, -0.2) is 17.0 Å². The fourth-order valence-corrected chi connectivity index (χ4v) is 1.65. The minimum Gasteiger partial charge on any atom is -0.481 e. The highest BCUT2D eigenvalue weighted by atomic mass is 79.9. The number of nitrogens with one attached hydrogen (secondary N) is 1. The van der Waals surface area contributed by atoms with Crippen LogP contribution < -0.4 is 5.32 Å². The van der Waals surface area contributed by atoms with Gasteiger partial charge in [-0.25, -0.2) is 0 Å². The zero-order valence-electron chi connectivity index (χ0n) is 9.58. The van der Waals surface area contributed by atoms with E-state index in [1.165, 1.54) is 6.07 Å². The van der Waals surface area contributed by atoms with Crippen LogP contribution in [0.5, 0.6) is 0 Å². The van der Waals surface area contributed by atoms with E-state index in [4.69, 9.17) is 5.11 Å². The number of anilines is 1. The number of hydrogen-bond acceptors (Lipinski definition) is 2. The molecule has 0 saturated carbocycles. The molecule has 1 unspecified atom stereocenters. The van der Waals surface area contributed by atoms with Gasteiger partial charge in [0.1, 0.15) is 5.92 Å². The number of alkyl halides is 3. The molecule has 8 heteroatoms. The Bertz CT molecular complexity index is 516.